The second-order valence-corrected chi connectivity index (χ2v) is 4.18. The van der Waals surface area contributed by atoms with Crippen molar-refractivity contribution in [3.63, 3.8) is 0 Å². The fraction of sp³-hybridized carbons (Fsp3) is 0.417. The van der Waals surface area contributed by atoms with Crippen LogP contribution in [-0.4, -0.2) is 47.2 Å². The van der Waals surface area contributed by atoms with Gasteiger partial charge in [0.05, 0.1) is 12.8 Å². The number of nitrogens with one attached hydrogen (secondary N) is 1. The number of carbonyl (C=O) groups is 2. The van der Waals surface area contributed by atoms with Crippen LogP contribution in [0.5, 0.6) is 5.75 Å². The lowest BCUT2D eigenvalue weighted by Gasteiger charge is -2.22. The Balaban J connectivity index is 3.21. The van der Waals surface area contributed by atoms with Crippen molar-refractivity contribution in [3.05, 3.63) is 18.0 Å². The third-order valence-electron chi connectivity index (χ3n) is 2.65. The van der Waals surface area contributed by atoms with Gasteiger partial charge in [-0.05, 0) is 19.9 Å². The minimum atomic E-state index is -1.24. The maximum atomic E-state index is 12.2. The number of ether oxygens (including phenoxy) is 1. The molecule has 2 N–H and O–H groups in total. The maximum absolute atomic E-state index is 12.2. The lowest BCUT2D eigenvalue weighted by Crippen LogP contribution is -2.34. The van der Waals surface area contributed by atoms with Crippen molar-refractivity contribution in [3.8, 4) is 5.75 Å². The Hall–Kier alpha value is -2.31. The number of aromatic nitrogens is 1. The van der Waals surface area contributed by atoms with E-state index in [0.717, 1.165) is 0 Å². The molecule has 0 aliphatic carbocycles. The third-order valence-corrected chi connectivity index (χ3v) is 2.65. The summed E-state index contributed by atoms with van der Waals surface area (Å²) in [6.45, 7) is 3.73. The van der Waals surface area contributed by atoms with E-state index in [9.17, 15) is 9.59 Å². The van der Waals surface area contributed by atoms with Crippen LogP contribution >= 0.6 is 0 Å². The number of hydrogen-bond donors (Lipinski definition) is 2. The minimum absolute atomic E-state index is 0.00454. The average Bonchev–Trinajstić information content (AvgIpc) is 2.35. The van der Waals surface area contributed by atoms with Gasteiger partial charge in [-0.15, -0.1) is 0 Å². The molecule has 0 saturated heterocycles. The van der Waals surface area contributed by atoms with Gasteiger partial charge in [0.1, 0.15) is 0 Å². The number of pyridine rings is 1. The van der Waals surface area contributed by atoms with E-state index in [1.54, 1.807) is 7.05 Å². The molecule has 0 unspecified atom stereocenters. The van der Waals surface area contributed by atoms with Crippen molar-refractivity contribution in [2.24, 2.45) is 0 Å². The molecular weight excluding hydrogens is 250 g/mol. The van der Waals surface area contributed by atoms with Crippen LogP contribution in [0.15, 0.2) is 12.3 Å². The Morgan fingerprint density at radius 1 is 1.47 bits per heavy atom. The van der Waals surface area contributed by atoms with Crippen LogP contribution in [0.3, 0.4) is 0 Å². The van der Waals surface area contributed by atoms with Gasteiger partial charge in [-0.2, -0.15) is 0 Å². The lowest BCUT2D eigenvalue weighted by molar-refractivity contribution is 0.0745. The highest BCUT2D eigenvalue weighted by Gasteiger charge is 2.22. The van der Waals surface area contributed by atoms with E-state index in [-0.39, 0.29) is 29.1 Å². The zero-order chi connectivity index (χ0) is 14.6. The molecule has 0 radical (unpaired) electrons. The number of amides is 2. The Morgan fingerprint density at radius 3 is 2.58 bits per heavy atom. The average molecular weight is 267 g/mol. The van der Waals surface area contributed by atoms with Crippen LogP contribution in [0.4, 0.5) is 10.5 Å². The fourth-order valence-electron chi connectivity index (χ4n) is 1.42. The summed E-state index contributed by atoms with van der Waals surface area (Å²) in [5.41, 5.74) is 0.260. The summed E-state index contributed by atoms with van der Waals surface area (Å²) >= 11 is 0. The Bertz CT molecular complexity index is 488. The van der Waals surface area contributed by atoms with Gasteiger partial charge in [-0.25, -0.2) is 9.78 Å². The Morgan fingerprint density at radius 2 is 2.11 bits per heavy atom. The maximum Gasteiger partial charge on any atom is 0.409 e. The summed E-state index contributed by atoms with van der Waals surface area (Å²) in [4.78, 5) is 28.4. The zero-order valence-electron chi connectivity index (χ0n) is 11.3. The van der Waals surface area contributed by atoms with E-state index in [1.165, 1.54) is 24.3 Å². The molecule has 104 valence electrons. The van der Waals surface area contributed by atoms with E-state index in [1.807, 2.05) is 13.8 Å². The highest BCUT2D eigenvalue weighted by molar-refractivity contribution is 5.98. The first-order chi connectivity index (χ1) is 8.88. The Labute approximate surface area is 111 Å². The third kappa shape index (κ3) is 3.34. The van der Waals surface area contributed by atoms with Gasteiger partial charge in [0, 0.05) is 19.3 Å². The monoisotopic (exact) mass is 267 g/mol. The fourth-order valence-corrected chi connectivity index (χ4v) is 1.42. The molecule has 0 fully saturated rings. The lowest BCUT2D eigenvalue weighted by atomic mass is 10.2. The van der Waals surface area contributed by atoms with Crippen LogP contribution in [0.1, 0.15) is 24.3 Å². The topological polar surface area (TPSA) is 91.8 Å². The van der Waals surface area contributed by atoms with Gasteiger partial charge < -0.3 is 14.7 Å². The number of carbonyl (C=O) groups excluding carboxylic acids is 1. The number of anilines is 1. The predicted octanol–water partition coefficient (Wildman–Crippen LogP) is 1.66. The van der Waals surface area contributed by atoms with Crippen molar-refractivity contribution in [1.29, 1.82) is 0 Å². The SMILES string of the molecule is COc1c(NC(=O)O)ccnc1C(=O)N(C)C(C)C. The largest absolute Gasteiger partial charge is 0.492 e. The Kier molecular flexibility index (Phi) is 4.68. The molecule has 0 aromatic carbocycles. The summed E-state index contributed by atoms with van der Waals surface area (Å²) in [7, 11) is 3.00. The van der Waals surface area contributed by atoms with Crippen molar-refractivity contribution < 1.29 is 19.4 Å². The number of nitrogens with zero attached hydrogens (tertiary/aromatic N) is 2. The van der Waals surface area contributed by atoms with E-state index < -0.39 is 6.09 Å². The van der Waals surface area contributed by atoms with E-state index >= 15 is 0 Å². The molecule has 1 heterocycles. The normalized spacial score (nSPS) is 10.2. The molecule has 0 aliphatic heterocycles. The van der Waals surface area contributed by atoms with E-state index in [4.69, 9.17) is 9.84 Å². The van der Waals surface area contributed by atoms with Gasteiger partial charge >= 0.3 is 6.09 Å². The molecule has 0 spiro atoms. The van der Waals surface area contributed by atoms with Crippen molar-refractivity contribution in [2.75, 3.05) is 19.5 Å². The molecule has 7 nitrogen and oxygen atoms in total. The van der Waals surface area contributed by atoms with Crippen LogP contribution in [0, 0.1) is 0 Å². The number of methoxy groups -OCH3 is 1. The second-order valence-electron chi connectivity index (χ2n) is 4.18. The first-order valence-corrected chi connectivity index (χ1v) is 5.68. The van der Waals surface area contributed by atoms with Crippen LogP contribution in [0.25, 0.3) is 0 Å². The molecule has 0 aliphatic rings. The second kappa shape index (κ2) is 6.03. The molecule has 0 saturated carbocycles. The molecule has 7 heteroatoms. The summed E-state index contributed by atoms with van der Waals surface area (Å²) in [5, 5.41) is 10.9. The standard InChI is InChI=1S/C12H17N3O4/c1-7(2)15(3)11(16)9-10(19-4)8(5-6-13-9)14-12(17)18/h5-7H,1-4H3,(H,13,14)(H,17,18). The summed E-state index contributed by atoms with van der Waals surface area (Å²) in [6, 6.07) is 1.43. The van der Waals surface area contributed by atoms with Gasteiger partial charge in [-0.1, -0.05) is 0 Å². The highest BCUT2D eigenvalue weighted by atomic mass is 16.5. The minimum Gasteiger partial charge on any atom is -0.492 e. The number of rotatable bonds is 4. The summed E-state index contributed by atoms with van der Waals surface area (Å²) < 4.78 is 5.09. The van der Waals surface area contributed by atoms with Crippen molar-refractivity contribution in [2.45, 2.75) is 19.9 Å². The molecule has 0 bridgehead atoms. The zero-order valence-corrected chi connectivity index (χ0v) is 11.3. The van der Waals surface area contributed by atoms with Gasteiger partial charge in [0.2, 0.25) is 0 Å². The van der Waals surface area contributed by atoms with Crippen LogP contribution in [-0.2, 0) is 0 Å². The van der Waals surface area contributed by atoms with Gasteiger partial charge in [-0.3, -0.25) is 10.1 Å². The molecule has 2 amide bonds. The molecule has 19 heavy (non-hydrogen) atoms. The molecule has 0 atom stereocenters. The van der Waals surface area contributed by atoms with Crippen molar-refractivity contribution in [1.82, 2.24) is 9.88 Å². The first kappa shape index (κ1) is 14.7. The highest BCUT2D eigenvalue weighted by Crippen LogP contribution is 2.28. The van der Waals surface area contributed by atoms with Crippen molar-refractivity contribution >= 4 is 17.7 Å². The quantitative estimate of drug-likeness (QED) is 0.865. The molecular formula is C12H17N3O4. The summed E-state index contributed by atoms with van der Waals surface area (Å²) in [5.74, 6) is -0.219. The molecule has 1 aromatic heterocycles. The first-order valence-electron chi connectivity index (χ1n) is 5.68. The number of carboxylic acid groups (broad SMARTS) is 1. The van der Waals surface area contributed by atoms with E-state index in [2.05, 4.69) is 10.3 Å². The smallest absolute Gasteiger partial charge is 0.409 e. The van der Waals surface area contributed by atoms with Gasteiger partial charge in [0.25, 0.3) is 5.91 Å². The predicted molar refractivity (Wildman–Crippen MR) is 69.7 cm³/mol. The van der Waals surface area contributed by atoms with Crippen LogP contribution in [0.2, 0.25) is 0 Å². The van der Waals surface area contributed by atoms with Crippen LogP contribution < -0.4 is 10.1 Å². The number of hydrogen-bond acceptors (Lipinski definition) is 4. The summed E-state index contributed by atoms with van der Waals surface area (Å²) in [6.07, 6.45) is 0.120. The molecule has 1 aromatic rings. The van der Waals surface area contributed by atoms with E-state index in [0.29, 0.717) is 0 Å². The van der Waals surface area contributed by atoms with Gasteiger partial charge in [0.15, 0.2) is 11.4 Å². The molecule has 1 rings (SSSR count).